The molecule has 5 heteroatoms. The first-order valence-electron chi connectivity index (χ1n) is 5.50. The van der Waals surface area contributed by atoms with Crippen molar-refractivity contribution in [1.29, 1.82) is 0 Å². The number of aliphatic hydroxyl groups excluding tert-OH is 1. The average Bonchev–Trinajstić information content (AvgIpc) is 3.12. The molecule has 0 radical (unpaired) electrons. The van der Waals surface area contributed by atoms with Crippen molar-refractivity contribution in [1.82, 2.24) is 4.90 Å². The summed E-state index contributed by atoms with van der Waals surface area (Å²) in [6.45, 7) is -0.0291. The van der Waals surface area contributed by atoms with Crippen molar-refractivity contribution in [2.45, 2.75) is 18.9 Å². The minimum absolute atomic E-state index is 0.0531. The molecule has 0 heterocycles. The molecule has 2 rings (SSSR count). The van der Waals surface area contributed by atoms with Crippen molar-refractivity contribution in [2.75, 3.05) is 13.2 Å². The number of halogens is 2. The summed E-state index contributed by atoms with van der Waals surface area (Å²) in [5.41, 5.74) is -0.273. The average molecular weight is 241 g/mol. The first-order chi connectivity index (χ1) is 8.13. The molecule has 0 aliphatic heterocycles. The van der Waals surface area contributed by atoms with E-state index in [1.165, 1.54) is 4.90 Å². The zero-order valence-corrected chi connectivity index (χ0v) is 9.20. The van der Waals surface area contributed by atoms with E-state index in [-0.39, 0.29) is 24.8 Å². The SMILES string of the molecule is O=C(c1cc(F)ccc1F)N(CCO)C1CC1. The summed E-state index contributed by atoms with van der Waals surface area (Å²) in [6, 6.07) is 2.86. The van der Waals surface area contributed by atoms with E-state index in [0.717, 1.165) is 31.0 Å². The number of carbonyl (C=O) groups excluding carboxylic acids is 1. The van der Waals surface area contributed by atoms with Crippen LogP contribution in [0.5, 0.6) is 0 Å². The molecule has 1 saturated carbocycles. The highest BCUT2D eigenvalue weighted by atomic mass is 19.1. The maximum absolute atomic E-state index is 13.4. The zero-order valence-electron chi connectivity index (χ0n) is 9.20. The third kappa shape index (κ3) is 2.61. The van der Waals surface area contributed by atoms with Crippen molar-refractivity contribution >= 4 is 5.91 Å². The second-order valence-electron chi connectivity index (χ2n) is 4.08. The van der Waals surface area contributed by atoms with Crippen LogP contribution in [0.4, 0.5) is 8.78 Å². The predicted molar refractivity (Wildman–Crippen MR) is 57.5 cm³/mol. The lowest BCUT2D eigenvalue weighted by Crippen LogP contribution is -2.36. The molecule has 1 amide bonds. The van der Waals surface area contributed by atoms with Crippen molar-refractivity contribution in [3.63, 3.8) is 0 Å². The fourth-order valence-electron chi connectivity index (χ4n) is 1.76. The van der Waals surface area contributed by atoms with Crippen molar-refractivity contribution in [3.05, 3.63) is 35.4 Å². The Bertz CT molecular complexity index is 433. The molecule has 1 fully saturated rings. The van der Waals surface area contributed by atoms with E-state index in [0.29, 0.717) is 0 Å². The number of amides is 1. The van der Waals surface area contributed by atoms with E-state index in [4.69, 9.17) is 5.11 Å². The van der Waals surface area contributed by atoms with Crippen LogP contribution in [-0.4, -0.2) is 35.1 Å². The summed E-state index contributed by atoms with van der Waals surface area (Å²) in [7, 11) is 0. The Morgan fingerprint density at radius 3 is 2.71 bits per heavy atom. The second-order valence-corrected chi connectivity index (χ2v) is 4.08. The number of benzene rings is 1. The summed E-state index contributed by atoms with van der Waals surface area (Å²) >= 11 is 0. The van der Waals surface area contributed by atoms with Gasteiger partial charge in [-0.15, -0.1) is 0 Å². The number of hydrogen-bond acceptors (Lipinski definition) is 2. The summed E-state index contributed by atoms with van der Waals surface area (Å²) in [5.74, 6) is -1.94. The van der Waals surface area contributed by atoms with Gasteiger partial charge >= 0.3 is 0 Å². The maximum atomic E-state index is 13.4. The molecule has 1 aliphatic rings. The molecule has 1 aliphatic carbocycles. The maximum Gasteiger partial charge on any atom is 0.257 e. The number of carbonyl (C=O) groups is 1. The molecule has 17 heavy (non-hydrogen) atoms. The highest BCUT2D eigenvalue weighted by Crippen LogP contribution is 2.28. The van der Waals surface area contributed by atoms with Gasteiger partial charge in [-0.1, -0.05) is 0 Å². The number of hydrogen-bond donors (Lipinski definition) is 1. The summed E-state index contributed by atoms with van der Waals surface area (Å²) < 4.78 is 26.4. The van der Waals surface area contributed by atoms with Crippen LogP contribution >= 0.6 is 0 Å². The Labute approximate surface area is 97.7 Å². The fourth-order valence-corrected chi connectivity index (χ4v) is 1.76. The van der Waals surface area contributed by atoms with Gasteiger partial charge in [-0.05, 0) is 31.0 Å². The van der Waals surface area contributed by atoms with E-state index in [1.807, 2.05) is 0 Å². The molecule has 0 aromatic heterocycles. The molecule has 3 nitrogen and oxygen atoms in total. The third-order valence-electron chi connectivity index (χ3n) is 2.75. The normalized spacial score (nSPS) is 14.8. The van der Waals surface area contributed by atoms with Crippen LogP contribution in [0.2, 0.25) is 0 Å². The second kappa shape index (κ2) is 4.79. The molecule has 0 unspecified atom stereocenters. The van der Waals surface area contributed by atoms with Gasteiger partial charge in [0.2, 0.25) is 0 Å². The lowest BCUT2D eigenvalue weighted by Gasteiger charge is -2.21. The van der Waals surface area contributed by atoms with Gasteiger partial charge in [0.1, 0.15) is 11.6 Å². The molecular weight excluding hydrogens is 228 g/mol. The monoisotopic (exact) mass is 241 g/mol. The number of nitrogens with zero attached hydrogens (tertiary/aromatic N) is 1. The third-order valence-corrected chi connectivity index (χ3v) is 2.75. The largest absolute Gasteiger partial charge is 0.395 e. The molecular formula is C12H13F2NO2. The first-order valence-corrected chi connectivity index (χ1v) is 5.50. The van der Waals surface area contributed by atoms with Crippen LogP contribution in [0.15, 0.2) is 18.2 Å². The Morgan fingerprint density at radius 1 is 1.41 bits per heavy atom. The van der Waals surface area contributed by atoms with Crippen molar-refractivity contribution in [2.24, 2.45) is 0 Å². The van der Waals surface area contributed by atoms with E-state index in [1.54, 1.807) is 0 Å². The Balaban J connectivity index is 2.24. The van der Waals surface area contributed by atoms with Gasteiger partial charge in [-0.3, -0.25) is 4.79 Å². The quantitative estimate of drug-likeness (QED) is 0.869. The lowest BCUT2D eigenvalue weighted by atomic mass is 10.1. The van der Waals surface area contributed by atoms with Crippen LogP contribution in [0.25, 0.3) is 0 Å². The van der Waals surface area contributed by atoms with E-state index in [2.05, 4.69) is 0 Å². The zero-order chi connectivity index (χ0) is 12.4. The Morgan fingerprint density at radius 2 is 2.12 bits per heavy atom. The highest BCUT2D eigenvalue weighted by molar-refractivity contribution is 5.94. The predicted octanol–water partition coefficient (Wildman–Crippen LogP) is 1.56. The number of rotatable bonds is 4. The smallest absolute Gasteiger partial charge is 0.257 e. The molecule has 1 aromatic rings. The summed E-state index contributed by atoms with van der Waals surface area (Å²) in [5, 5.41) is 8.87. The van der Waals surface area contributed by atoms with Gasteiger partial charge < -0.3 is 10.0 Å². The van der Waals surface area contributed by atoms with Gasteiger partial charge in [-0.2, -0.15) is 0 Å². The molecule has 0 saturated heterocycles. The van der Waals surface area contributed by atoms with Crippen LogP contribution in [0.3, 0.4) is 0 Å². The molecule has 1 aromatic carbocycles. The van der Waals surface area contributed by atoms with Crippen molar-refractivity contribution < 1.29 is 18.7 Å². The molecule has 1 N–H and O–H groups in total. The first kappa shape index (κ1) is 12.0. The van der Waals surface area contributed by atoms with Crippen LogP contribution in [-0.2, 0) is 0 Å². The van der Waals surface area contributed by atoms with Crippen LogP contribution in [0.1, 0.15) is 23.2 Å². The van der Waals surface area contributed by atoms with Gasteiger partial charge in [0.05, 0.1) is 12.2 Å². The summed E-state index contributed by atoms with van der Waals surface area (Å²) in [6.07, 6.45) is 1.70. The van der Waals surface area contributed by atoms with E-state index < -0.39 is 17.5 Å². The van der Waals surface area contributed by atoms with Gasteiger partial charge in [0.25, 0.3) is 5.91 Å². The Hall–Kier alpha value is -1.49. The lowest BCUT2D eigenvalue weighted by molar-refractivity contribution is 0.0702. The number of aliphatic hydroxyl groups is 1. The molecule has 0 bridgehead atoms. The van der Waals surface area contributed by atoms with E-state index >= 15 is 0 Å². The summed E-state index contributed by atoms with van der Waals surface area (Å²) in [4.78, 5) is 13.4. The fraction of sp³-hybridized carbons (Fsp3) is 0.417. The molecule has 0 atom stereocenters. The molecule has 92 valence electrons. The van der Waals surface area contributed by atoms with Gasteiger partial charge in [-0.25, -0.2) is 8.78 Å². The van der Waals surface area contributed by atoms with E-state index in [9.17, 15) is 13.6 Å². The Kier molecular flexibility index (Phi) is 3.38. The topological polar surface area (TPSA) is 40.5 Å². The minimum Gasteiger partial charge on any atom is -0.395 e. The van der Waals surface area contributed by atoms with Crippen LogP contribution in [0, 0.1) is 11.6 Å². The minimum atomic E-state index is -0.736. The van der Waals surface area contributed by atoms with Crippen LogP contribution < -0.4 is 0 Å². The van der Waals surface area contributed by atoms with Gasteiger partial charge in [0, 0.05) is 12.6 Å². The standard InChI is InChI=1S/C12H13F2NO2/c13-8-1-4-11(14)10(7-8)12(17)15(5-6-16)9-2-3-9/h1,4,7,9,16H,2-3,5-6H2. The highest BCUT2D eigenvalue weighted by Gasteiger charge is 2.33. The van der Waals surface area contributed by atoms with Crippen molar-refractivity contribution in [3.8, 4) is 0 Å². The molecule has 0 spiro atoms. The van der Waals surface area contributed by atoms with Gasteiger partial charge in [0.15, 0.2) is 0 Å².